The van der Waals surface area contributed by atoms with E-state index in [9.17, 15) is 0 Å². The Labute approximate surface area is 133 Å². The van der Waals surface area contributed by atoms with E-state index < -0.39 is 0 Å². The van der Waals surface area contributed by atoms with Gasteiger partial charge in [-0.2, -0.15) is 0 Å². The molecule has 0 bridgehead atoms. The van der Waals surface area contributed by atoms with E-state index in [1.165, 1.54) is 34.6 Å². The van der Waals surface area contributed by atoms with Gasteiger partial charge >= 0.3 is 0 Å². The zero-order valence-corrected chi connectivity index (χ0v) is 14.0. The largest absolute Gasteiger partial charge is 0.316 e. The fraction of sp³-hybridized carbons (Fsp3) is 0.294. The molecule has 0 saturated heterocycles. The molecule has 0 amide bonds. The smallest absolute Gasteiger partial charge is 0.0213 e. The first-order valence-corrected chi connectivity index (χ1v) is 8.60. The topological polar surface area (TPSA) is 12.0 Å². The highest BCUT2D eigenvalue weighted by Crippen LogP contribution is 2.35. The number of hydrogen-bond acceptors (Lipinski definition) is 2. The zero-order valence-electron chi connectivity index (χ0n) is 11.6. The highest BCUT2D eigenvalue weighted by Gasteiger charge is 2.12. The second kappa shape index (κ2) is 6.33. The molecule has 1 N–H and O–H groups in total. The monoisotopic (exact) mass is 347 g/mol. The van der Waals surface area contributed by atoms with Crippen LogP contribution >= 0.6 is 27.7 Å². The quantitative estimate of drug-likeness (QED) is 0.851. The second-order valence-electron chi connectivity index (χ2n) is 5.17. The number of rotatable bonds is 4. The molecule has 0 aromatic heterocycles. The molecule has 3 rings (SSSR count). The molecule has 0 unspecified atom stereocenters. The Kier molecular flexibility index (Phi) is 4.49. The molecule has 3 heteroatoms. The number of halogens is 1. The summed E-state index contributed by atoms with van der Waals surface area (Å²) in [7, 11) is 1.99. The average molecular weight is 348 g/mol. The summed E-state index contributed by atoms with van der Waals surface area (Å²) in [6.45, 7) is 0.903. The Morgan fingerprint density at radius 3 is 2.80 bits per heavy atom. The van der Waals surface area contributed by atoms with Crippen molar-refractivity contribution in [3.8, 4) is 0 Å². The number of benzene rings is 2. The predicted octanol–water partition coefficient (Wildman–Crippen LogP) is 4.81. The molecule has 0 radical (unpaired) electrons. The Hall–Kier alpha value is -0.770. The van der Waals surface area contributed by atoms with E-state index in [4.69, 9.17) is 0 Å². The minimum absolute atomic E-state index is 0.903. The predicted molar refractivity (Wildman–Crippen MR) is 89.5 cm³/mol. The van der Waals surface area contributed by atoms with Gasteiger partial charge in [-0.15, -0.1) is 0 Å². The van der Waals surface area contributed by atoms with Crippen LogP contribution in [0, 0.1) is 0 Å². The zero-order chi connectivity index (χ0) is 13.9. The maximum absolute atomic E-state index is 3.58. The van der Waals surface area contributed by atoms with Crippen LogP contribution in [0.5, 0.6) is 0 Å². The van der Waals surface area contributed by atoms with E-state index in [0.29, 0.717) is 0 Å². The molecule has 0 aliphatic heterocycles. The lowest BCUT2D eigenvalue weighted by Gasteiger charge is -2.10. The summed E-state index contributed by atoms with van der Waals surface area (Å²) in [5, 5.41) is 3.24. The molecule has 1 aliphatic carbocycles. The lowest BCUT2D eigenvalue weighted by molar-refractivity contribution is 0.803. The summed E-state index contributed by atoms with van der Waals surface area (Å²) >= 11 is 5.44. The van der Waals surface area contributed by atoms with Gasteiger partial charge in [0.25, 0.3) is 0 Å². The number of aryl methyl sites for hydroxylation is 2. The third-order valence-electron chi connectivity index (χ3n) is 3.69. The molecular weight excluding hydrogens is 330 g/mol. The van der Waals surface area contributed by atoms with Crippen molar-refractivity contribution in [3.63, 3.8) is 0 Å². The number of fused-ring (bicyclic) bond motifs is 1. The van der Waals surface area contributed by atoms with Crippen LogP contribution in [0.15, 0.2) is 50.7 Å². The molecule has 0 heterocycles. The maximum Gasteiger partial charge on any atom is 0.0213 e. The summed E-state index contributed by atoms with van der Waals surface area (Å²) in [6, 6.07) is 13.5. The van der Waals surface area contributed by atoms with Crippen LogP contribution in [0.4, 0.5) is 0 Å². The minimum atomic E-state index is 0.903. The van der Waals surface area contributed by atoms with Crippen LogP contribution in [0.2, 0.25) is 0 Å². The summed E-state index contributed by atoms with van der Waals surface area (Å²) < 4.78 is 1.14. The third kappa shape index (κ3) is 3.11. The Morgan fingerprint density at radius 2 is 1.95 bits per heavy atom. The molecule has 1 nitrogen and oxygen atoms in total. The minimum Gasteiger partial charge on any atom is -0.316 e. The average Bonchev–Trinajstić information content (AvgIpc) is 2.89. The third-order valence-corrected chi connectivity index (χ3v) is 5.28. The van der Waals surface area contributed by atoms with Crippen molar-refractivity contribution in [1.29, 1.82) is 0 Å². The Balaban J connectivity index is 1.88. The Bertz CT molecular complexity index is 624. The molecule has 2 aromatic rings. The van der Waals surface area contributed by atoms with E-state index in [1.54, 1.807) is 11.1 Å². The molecule has 0 spiro atoms. The molecule has 0 fully saturated rings. The summed E-state index contributed by atoms with van der Waals surface area (Å²) in [6.07, 6.45) is 3.80. The molecule has 0 saturated carbocycles. The summed E-state index contributed by atoms with van der Waals surface area (Å²) in [5.74, 6) is 0. The lowest BCUT2D eigenvalue weighted by Crippen LogP contribution is -2.06. The van der Waals surface area contributed by atoms with Crippen molar-refractivity contribution in [3.05, 3.63) is 57.6 Å². The highest BCUT2D eigenvalue weighted by molar-refractivity contribution is 9.10. The molecule has 1 aliphatic rings. The van der Waals surface area contributed by atoms with E-state index in [1.807, 2.05) is 18.8 Å². The SMILES string of the molecule is CNCc1ccc(Br)cc1Sc1ccc2c(c1)CCC2. The number of hydrogen-bond donors (Lipinski definition) is 1. The van der Waals surface area contributed by atoms with Crippen molar-refractivity contribution in [2.45, 2.75) is 35.6 Å². The van der Waals surface area contributed by atoms with Gasteiger partial charge in [0.2, 0.25) is 0 Å². The van der Waals surface area contributed by atoms with Gasteiger partial charge in [0.1, 0.15) is 0 Å². The van der Waals surface area contributed by atoms with Crippen LogP contribution in [-0.2, 0) is 19.4 Å². The lowest BCUT2D eigenvalue weighted by atomic mass is 10.1. The van der Waals surface area contributed by atoms with Gasteiger partial charge in [0, 0.05) is 20.8 Å². The summed E-state index contributed by atoms with van der Waals surface area (Å²) in [4.78, 5) is 2.67. The fourth-order valence-electron chi connectivity index (χ4n) is 2.70. The first-order chi connectivity index (χ1) is 9.76. The van der Waals surface area contributed by atoms with Gasteiger partial charge in [0.15, 0.2) is 0 Å². The van der Waals surface area contributed by atoms with Crippen LogP contribution in [-0.4, -0.2) is 7.05 Å². The first-order valence-electron chi connectivity index (χ1n) is 6.99. The van der Waals surface area contributed by atoms with Gasteiger partial charge in [-0.3, -0.25) is 0 Å². The van der Waals surface area contributed by atoms with Crippen LogP contribution in [0.25, 0.3) is 0 Å². The van der Waals surface area contributed by atoms with E-state index in [-0.39, 0.29) is 0 Å². The van der Waals surface area contributed by atoms with Gasteiger partial charge in [-0.05, 0) is 67.3 Å². The fourth-order valence-corrected chi connectivity index (χ4v) is 4.26. The number of nitrogens with one attached hydrogen (secondary N) is 1. The van der Waals surface area contributed by atoms with Crippen LogP contribution < -0.4 is 5.32 Å². The second-order valence-corrected chi connectivity index (χ2v) is 7.20. The maximum atomic E-state index is 3.58. The molecule has 104 valence electrons. The van der Waals surface area contributed by atoms with Gasteiger partial charge in [-0.25, -0.2) is 0 Å². The molecular formula is C17H18BrNS. The molecule has 20 heavy (non-hydrogen) atoms. The van der Waals surface area contributed by atoms with Crippen molar-refractivity contribution >= 4 is 27.7 Å². The van der Waals surface area contributed by atoms with E-state index in [2.05, 4.69) is 57.6 Å². The van der Waals surface area contributed by atoms with Crippen molar-refractivity contribution in [1.82, 2.24) is 5.32 Å². The van der Waals surface area contributed by atoms with E-state index in [0.717, 1.165) is 11.0 Å². The molecule has 0 atom stereocenters. The van der Waals surface area contributed by atoms with E-state index >= 15 is 0 Å². The van der Waals surface area contributed by atoms with Crippen molar-refractivity contribution in [2.75, 3.05) is 7.05 Å². The van der Waals surface area contributed by atoms with Gasteiger partial charge in [-0.1, -0.05) is 39.8 Å². The summed E-state index contributed by atoms with van der Waals surface area (Å²) in [5.41, 5.74) is 4.43. The first kappa shape index (κ1) is 14.2. The molecule has 2 aromatic carbocycles. The van der Waals surface area contributed by atoms with Gasteiger partial charge in [0.05, 0.1) is 0 Å². The highest BCUT2D eigenvalue weighted by atomic mass is 79.9. The van der Waals surface area contributed by atoms with Crippen LogP contribution in [0.3, 0.4) is 0 Å². The van der Waals surface area contributed by atoms with Crippen LogP contribution in [0.1, 0.15) is 23.1 Å². The van der Waals surface area contributed by atoms with Crippen molar-refractivity contribution in [2.24, 2.45) is 0 Å². The van der Waals surface area contributed by atoms with Crippen molar-refractivity contribution < 1.29 is 0 Å². The van der Waals surface area contributed by atoms with Gasteiger partial charge < -0.3 is 5.32 Å². The normalized spacial score (nSPS) is 13.5. The standard InChI is InChI=1S/C17H18BrNS/c1-19-11-14-5-7-15(18)10-17(14)20-16-8-6-12-3-2-4-13(12)9-16/h5-10,19H,2-4,11H2,1H3. The Morgan fingerprint density at radius 1 is 1.10 bits per heavy atom.